The Kier molecular flexibility index (Phi) is 3.83. The minimum atomic E-state index is -0.858. The quantitative estimate of drug-likeness (QED) is 0.878. The fourth-order valence-corrected chi connectivity index (χ4v) is 2.33. The van der Waals surface area contributed by atoms with E-state index in [1.807, 2.05) is 39.8 Å². The number of rotatable bonds is 2. The summed E-state index contributed by atoms with van der Waals surface area (Å²) in [6.45, 7) is 12.3. The van der Waals surface area contributed by atoms with Gasteiger partial charge in [0.25, 0.3) is 5.91 Å². The Labute approximate surface area is 127 Å². The van der Waals surface area contributed by atoms with Crippen LogP contribution in [-0.2, 0) is 10.3 Å². The van der Waals surface area contributed by atoms with Crippen LogP contribution in [0.25, 0.3) is 0 Å². The van der Waals surface area contributed by atoms with Crippen molar-refractivity contribution in [1.82, 2.24) is 10.6 Å². The van der Waals surface area contributed by atoms with Gasteiger partial charge in [0.15, 0.2) is 11.5 Å². The zero-order chi connectivity index (χ0) is 15.8. The van der Waals surface area contributed by atoms with Crippen LogP contribution in [0.4, 0.5) is 0 Å². The molecule has 1 aromatic carbocycles. The molecule has 1 amide bonds. The van der Waals surface area contributed by atoms with Gasteiger partial charge in [-0.15, -0.1) is 0 Å². The lowest BCUT2D eigenvalue weighted by atomic mass is 9.90. The van der Waals surface area contributed by atoms with E-state index in [0.29, 0.717) is 11.9 Å². The molecule has 1 atom stereocenters. The second-order valence-electron chi connectivity index (χ2n) is 7.14. The minimum Gasteiger partial charge on any atom is -0.351 e. The van der Waals surface area contributed by atoms with Crippen LogP contribution in [0.5, 0.6) is 0 Å². The van der Waals surface area contributed by atoms with Crippen LogP contribution in [-0.4, -0.2) is 17.4 Å². The third-order valence-corrected chi connectivity index (χ3v) is 3.64. The second kappa shape index (κ2) is 5.17. The Morgan fingerprint density at radius 2 is 1.76 bits per heavy atom. The molecule has 2 N–H and O–H groups in total. The van der Waals surface area contributed by atoms with Gasteiger partial charge >= 0.3 is 0 Å². The van der Waals surface area contributed by atoms with Crippen LogP contribution >= 0.6 is 0 Å². The molecule has 4 nitrogen and oxygen atoms in total. The van der Waals surface area contributed by atoms with Gasteiger partial charge in [0.1, 0.15) is 0 Å². The molecule has 0 saturated heterocycles. The largest absolute Gasteiger partial charge is 0.351 e. The summed E-state index contributed by atoms with van der Waals surface area (Å²) in [7, 11) is 0. The molecular weight excluding hydrogens is 262 g/mol. The van der Waals surface area contributed by atoms with E-state index in [0.717, 1.165) is 5.56 Å². The Morgan fingerprint density at radius 1 is 1.19 bits per heavy atom. The molecule has 114 valence electrons. The normalized spacial score (nSPS) is 22.2. The van der Waals surface area contributed by atoms with Crippen LogP contribution in [0.1, 0.15) is 58.6 Å². The number of carbonyl (C=O) groups excluding carboxylic acids is 1. The van der Waals surface area contributed by atoms with Crippen LogP contribution in [0.2, 0.25) is 0 Å². The fourth-order valence-electron chi connectivity index (χ4n) is 2.33. The number of nitrogens with one attached hydrogen (secondary N) is 2. The zero-order valence-corrected chi connectivity index (χ0v) is 13.7. The zero-order valence-electron chi connectivity index (χ0n) is 13.7. The van der Waals surface area contributed by atoms with Crippen molar-refractivity contribution in [3.05, 3.63) is 35.4 Å². The molecule has 21 heavy (non-hydrogen) atoms. The molecule has 0 fully saturated rings. The predicted octanol–water partition coefficient (Wildman–Crippen LogP) is 2.90. The Morgan fingerprint density at radius 3 is 2.24 bits per heavy atom. The second-order valence-corrected chi connectivity index (χ2v) is 7.14. The summed E-state index contributed by atoms with van der Waals surface area (Å²) >= 11 is 0. The lowest BCUT2D eigenvalue weighted by Crippen LogP contribution is -2.47. The van der Waals surface area contributed by atoms with E-state index in [1.54, 1.807) is 0 Å². The maximum absolute atomic E-state index is 12.3. The average Bonchev–Trinajstić information content (AvgIpc) is 2.63. The van der Waals surface area contributed by atoms with Gasteiger partial charge < -0.3 is 5.32 Å². The third kappa shape index (κ3) is 3.26. The van der Waals surface area contributed by atoms with Gasteiger partial charge in [0, 0.05) is 5.54 Å². The summed E-state index contributed by atoms with van der Waals surface area (Å²) in [6.07, 6.45) is 0. The van der Waals surface area contributed by atoms with E-state index in [-0.39, 0.29) is 11.4 Å². The van der Waals surface area contributed by atoms with Crippen LogP contribution < -0.4 is 10.6 Å². The van der Waals surface area contributed by atoms with E-state index in [4.69, 9.17) is 0 Å². The van der Waals surface area contributed by atoms with E-state index >= 15 is 0 Å². The predicted molar refractivity (Wildman–Crippen MR) is 86.3 cm³/mol. The van der Waals surface area contributed by atoms with Crippen molar-refractivity contribution in [2.75, 3.05) is 0 Å². The summed E-state index contributed by atoms with van der Waals surface area (Å²) in [5.74, 6) is 0.931. The van der Waals surface area contributed by atoms with Crippen molar-refractivity contribution in [3.63, 3.8) is 0 Å². The minimum absolute atomic E-state index is 0.0912. The first-order valence-electron chi connectivity index (χ1n) is 7.42. The molecular formula is C17H25N3O. The summed E-state index contributed by atoms with van der Waals surface area (Å²) in [6, 6.07) is 8.14. The number of hydrogen-bond donors (Lipinski definition) is 2. The van der Waals surface area contributed by atoms with Crippen molar-refractivity contribution < 1.29 is 4.79 Å². The van der Waals surface area contributed by atoms with E-state index in [2.05, 4.69) is 41.6 Å². The summed E-state index contributed by atoms with van der Waals surface area (Å²) in [4.78, 5) is 16.9. The maximum atomic E-state index is 12.3. The van der Waals surface area contributed by atoms with Gasteiger partial charge in [-0.3, -0.25) is 10.1 Å². The number of nitrogens with zero attached hydrogens (tertiary/aromatic N) is 1. The molecule has 0 aromatic heterocycles. The van der Waals surface area contributed by atoms with Crippen molar-refractivity contribution in [2.24, 2.45) is 4.99 Å². The lowest BCUT2D eigenvalue weighted by Gasteiger charge is -2.21. The molecule has 1 unspecified atom stereocenters. The highest BCUT2D eigenvalue weighted by Gasteiger charge is 2.41. The van der Waals surface area contributed by atoms with Crippen molar-refractivity contribution in [3.8, 4) is 0 Å². The standard InChI is InChI=1S/C17H25N3O/c1-11(2)12-7-9-13(10-8-12)17(6)14(21)18-15(20-17)19-16(3,4)5/h7-11H,1-6H3,(H2,18,19,20,21). The maximum Gasteiger partial charge on any atom is 0.259 e. The van der Waals surface area contributed by atoms with Crippen molar-refractivity contribution in [2.45, 2.75) is 58.5 Å². The Hall–Kier alpha value is -1.84. The summed E-state index contributed by atoms with van der Waals surface area (Å²) in [5, 5.41) is 6.06. The number of benzene rings is 1. The van der Waals surface area contributed by atoms with Crippen LogP contribution in [0.3, 0.4) is 0 Å². The first kappa shape index (κ1) is 15.5. The molecule has 1 aliphatic heterocycles. The van der Waals surface area contributed by atoms with Crippen LogP contribution in [0, 0.1) is 0 Å². The van der Waals surface area contributed by atoms with E-state index in [1.165, 1.54) is 5.56 Å². The highest BCUT2D eigenvalue weighted by Crippen LogP contribution is 2.30. The molecule has 0 radical (unpaired) electrons. The van der Waals surface area contributed by atoms with Gasteiger partial charge in [-0.2, -0.15) is 0 Å². The monoisotopic (exact) mass is 287 g/mol. The van der Waals surface area contributed by atoms with Gasteiger partial charge in [-0.1, -0.05) is 38.1 Å². The first-order valence-corrected chi connectivity index (χ1v) is 7.42. The van der Waals surface area contributed by atoms with Gasteiger partial charge in [0.2, 0.25) is 0 Å². The molecule has 0 aliphatic carbocycles. The highest BCUT2D eigenvalue weighted by molar-refractivity contribution is 6.07. The summed E-state index contributed by atoms with van der Waals surface area (Å²) < 4.78 is 0. The number of carbonyl (C=O) groups is 1. The fraction of sp³-hybridized carbons (Fsp3) is 0.529. The van der Waals surface area contributed by atoms with E-state index in [9.17, 15) is 4.79 Å². The number of amides is 1. The first-order chi connectivity index (χ1) is 9.62. The number of guanidine groups is 1. The van der Waals surface area contributed by atoms with Crippen molar-refractivity contribution >= 4 is 11.9 Å². The molecule has 0 bridgehead atoms. The van der Waals surface area contributed by atoms with Gasteiger partial charge in [-0.25, -0.2) is 4.99 Å². The topological polar surface area (TPSA) is 53.5 Å². The Balaban J connectivity index is 2.30. The average molecular weight is 287 g/mol. The molecule has 1 aromatic rings. The smallest absolute Gasteiger partial charge is 0.259 e. The number of aliphatic imine (C=N–C) groups is 1. The van der Waals surface area contributed by atoms with Gasteiger partial charge in [-0.05, 0) is 44.7 Å². The van der Waals surface area contributed by atoms with Crippen LogP contribution in [0.15, 0.2) is 29.3 Å². The molecule has 1 aliphatic rings. The molecule has 2 rings (SSSR count). The SMILES string of the molecule is CC(C)c1ccc(C2(C)N=C(NC(C)(C)C)NC2=O)cc1. The van der Waals surface area contributed by atoms with E-state index < -0.39 is 5.54 Å². The summed E-state index contributed by atoms with van der Waals surface area (Å²) in [5.41, 5.74) is 1.18. The lowest BCUT2D eigenvalue weighted by molar-refractivity contribution is -0.123. The highest BCUT2D eigenvalue weighted by atomic mass is 16.2. The Bertz CT molecular complexity index is 567. The molecule has 0 saturated carbocycles. The molecule has 1 heterocycles. The third-order valence-electron chi connectivity index (χ3n) is 3.64. The molecule has 4 heteroatoms. The number of hydrogen-bond acceptors (Lipinski definition) is 3. The van der Waals surface area contributed by atoms with Gasteiger partial charge in [0.05, 0.1) is 0 Å². The molecule has 0 spiro atoms. The van der Waals surface area contributed by atoms with Crippen molar-refractivity contribution in [1.29, 1.82) is 0 Å².